The molecule has 0 unspecified atom stereocenters. The molecule has 0 spiro atoms. The summed E-state index contributed by atoms with van der Waals surface area (Å²) in [5.74, 6) is -0.285. The molecule has 0 aliphatic heterocycles. The molecule has 0 heterocycles. The van der Waals surface area contributed by atoms with E-state index in [2.05, 4.69) is 13.8 Å². The van der Waals surface area contributed by atoms with Crippen molar-refractivity contribution in [2.75, 3.05) is 6.61 Å². The Kier molecular flexibility index (Phi) is 7.85. The number of aliphatic carboxylic acids is 1. The van der Waals surface area contributed by atoms with Gasteiger partial charge in [0.2, 0.25) is 0 Å². The van der Waals surface area contributed by atoms with Gasteiger partial charge in [0.1, 0.15) is 5.75 Å². The van der Waals surface area contributed by atoms with Crippen molar-refractivity contribution in [1.82, 2.24) is 0 Å². The topological polar surface area (TPSA) is 46.5 Å². The van der Waals surface area contributed by atoms with Gasteiger partial charge in [0.05, 0.1) is 0 Å². The van der Waals surface area contributed by atoms with Gasteiger partial charge in [-0.2, -0.15) is 0 Å². The predicted octanol–water partition coefficient (Wildman–Crippen LogP) is 3.57. The third kappa shape index (κ3) is 6.61. The second-order valence-corrected chi connectivity index (χ2v) is 3.90. The summed E-state index contributed by atoms with van der Waals surface area (Å²) in [5, 5.41) is 8.43. The normalized spacial score (nSPS) is 9.18. The maximum atomic E-state index is 10.3. The van der Waals surface area contributed by atoms with Crippen LogP contribution in [0.15, 0.2) is 18.2 Å². The lowest BCUT2D eigenvalue weighted by Gasteiger charge is -2.09. The molecule has 0 saturated heterocycles. The van der Waals surface area contributed by atoms with E-state index in [1.165, 1.54) is 12.8 Å². The molecule has 0 aliphatic carbocycles. The van der Waals surface area contributed by atoms with Gasteiger partial charge in [-0.15, -0.1) is 0 Å². The van der Waals surface area contributed by atoms with Crippen LogP contribution >= 0.6 is 0 Å². The molecule has 0 radical (unpaired) electrons. The lowest BCUT2D eigenvalue weighted by molar-refractivity contribution is -0.139. The molecule has 0 bridgehead atoms. The molecule has 1 rings (SSSR count). The van der Waals surface area contributed by atoms with Gasteiger partial charge >= 0.3 is 5.97 Å². The van der Waals surface area contributed by atoms with Gasteiger partial charge in [-0.05, 0) is 25.0 Å². The number of benzene rings is 1. The molecule has 0 aliphatic rings. The number of unbranched alkanes of at least 4 members (excludes halogenated alkanes) is 1. The van der Waals surface area contributed by atoms with Crippen molar-refractivity contribution in [3.05, 3.63) is 29.3 Å². The van der Waals surface area contributed by atoms with Gasteiger partial charge < -0.3 is 9.84 Å². The molecule has 0 fully saturated rings. The monoisotopic (exact) mass is 238 g/mol. The van der Waals surface area contributed by atoms with E-state index in [0.29, 0.717) is 5.75 Å². The Balaban J connectivity index is 0.000000557. The highest BCUT2D eigenvalue weighted by Crippen LogP contribution is 2.21. The Morgan fingerprint density at radius 3 is 2.00 bits per heavy atom. The SMILES string of the molecule is CCCC.Cc1cccc(C)c1OCC(=O)O. The number of hydrogen-bond donors (Lipinski definition) is 1. The number of aryl methyl sites for hydroxylation is 2. The average Bonchev–Trinajstić information content (AvgIpc) is 2.28. The molecule has 0 atom stereocenters. The van der Waals surface area contributed by atoms with E-state index in [1.54, 1.807) is 0 Å². The molecule has 17 heavy (non-hydrogen) atoms. The largest absolute Gasteiger partial charge is 0.481 e. The van der Waals surface area contributed by atoms with Gasteiger partial charge in [-0.25, -0.2) is 4.79 Å². The quantitative estimate of drug-likeness (QED) is 0.872. The minimum atomic E-state index is -0.956. The number of carboxylic acid groups (broad SMARTS) is 1. The van der Waals surface area contributed by atoms with Crippen LogP contribution in [0, 0.1) is 13.8 Å². The maximum absolute atomic E-state index is 10.3. The number of para-hydroxylation sites is 1. The van der Waals surface area contributed by atoms with Crippen molar-refractivity contribution < 1.29 is 14.6 Å². The van der Waals surface area contributed by atoms with Crippen LogP contribution in [0.3, 0.4) is 0 Å². The molecule has 1 aromatic carbocycles. The molecule has 1 N–H and O–H groups in total. The fourth-order valence-electron chi connectivity index (χ4n) is 1.16. The smallest absolute Gasteiger partial charge is 0.341 e. The fraction of sp³-hybridized carbons (Fsp3) is 0.500. The molecule has 96 valence electrons. The van der Waals surface area contributed by atoms with Crippen LogP contribution in [-0.4, -0.2) is 17.7 Å². The number of carbonyl (C=O) groups is 1. The van der Waals surface area contributed by atoms with Crippen LogP contribution in [0.1, 0.15) is 37.8 Å². The van der Waals surface area contributed by atoms with E-state index in [0.717, 1.165) is 11.1 Å². The summed E-state index contributed by atoms with van der Waals surface area (Å²) in [6.07, 6.45) is 2.64. The summed E-state index contributed by atoms with van der Waals surface area (Å²) in [6, 6.07) is 5.70. The molecule has 3 heteroatoms. The first kappa shape index (κ1) is 15.5. The Morgan fingerprint density at radius 1 is 1.18 bits per heavy atom. The van der Waals surface area contributed by atoms with E-state index in [9.17, 15) is 4.79 Å². The standard InChI is InChI=1S/C10H12O3.C4H10/c1-7-4-3-5-8(2)10(7)13-6-9(11)12;1-3-4-2/h3-5H,6H2,1-2H3,(H,11,12);3-4H2,1-2H3. The van der Waals surface area contributed by atoms with Gasteiger partial charge in [-0.3, -0.25) is 0 Å². The van der Waals surface area contributed by atoms with E-state index in [1.807, 2.05) is 32.0 Å². The van der Waals surface area contributed by atoms with Gasteiger partial charge in [0.15, 0.2) is 6.61 Å². The molecule has 0 amide bonds. The minimum Gasteiger partial charge on any atom is -0.481 e. The molecule has 1 aromatic rings. The Hall–Kier alpha value is -1.51. The predicted molar refractivity (Wildman–Crippen MR) is 69.6 cm³/mol. The van der Waals surface area contributed by atoms with Crippen molar-refractivity contribution in [2.24, 2.45) is 0 Å². The highest BCUT2D eigenvalue weighted by molar-refractivity contribution is 5.68. The zero-order valence-electron chi connectivity index (χ0n) is 11.1. The van der Waals surface area contributed by atoms with Crippen LogP contribution < -0.4 is 4.74 Å². The lowest BCUT2D eigenvalue weighted by Crippen LogP contribution is -2.10. The zero-order chi connectivity index (χ0) is 13.3. The first-order chi connectivity index (χ1) is 8.02. The summed E-state index contributed by atoms with van der Waals surface area (Å²) in [7, 11) is 0. The molecular formula is C14H22O3. The summed E-state index contributed by atoms with van der Waals surface area (Å²) < 4.78 is 5.13. The number of hydrogen-bond acceptors (Lipinski definition) is 2. The van der Waals surface area contributed by atoms with Crippen LogP contribution in [0.5, 0.6) is 5.75 Å². The first-order valence-electron chi connectivity index (χ1n) is 5.93. The van der Waals surface area contributed by atoms with E-state index in [4.69, 9.17) is 9.84 Å². The Morgan fingerprint density at radius 2 is 1.65 bits per heavy atom. The highest BCUT2D eigenvalue weighted by atomic mass is 16.5. The van der Waals surface area contributed by atoms with Gasteiger partial charge in [0.25, 0.3) is 0 Å². The van der Waals surface area contributed by atoms with Crippen molar-refractivity contribution in [1.29, 1.82) is 0 Å². The third-order valence-corrected chi connectivity index (χ3v) is 2.25. The number of carboxylic acids is 1. The zero-order valence-corrected chi connectivity index (χ0v) is 11.1. The van der Waals surface area contributed by atoms with Crippen LogP contribution in [0.4, 0.5) is 0 Å². The molecule has 0 saturated carbocycles. The summed E-state index contributed by atoms with van der Waals surface area (Å²) in [4.78, 5) is 10.3. The first-order valence-corrected chi connectivity index (χ1v) is 5.93. The van der Waals surface area contributed by atoms with Crippen molar-refractivity contribution in [2.45, 2.75) is 40.5 Å². The van der Waals surface area contributed by atoms with Crippen LogP contribution in [0.25, 0.3) is 0 Å². The highest BCUT2D eigenvalue weighted by Gasteiger charge is 2.04. The second kappa shape index (κ2) is 8.62. The van der Waals surface area contributed by atoms with Gasteiger partial charge in [0, 0.05) is 0 Å². The average molecular weight is 238 g/mol. The van der Waals surface area contributed by atoms with Crippen LogP contribution in [0.2, 0.25) is 0 Å². The molecule has 0 aromatic heterocycles. The summed E-state index contributed by atoms with van der Waals surface area (Å²) >= 11 is 0. The van der Waals surface area contributed by atoms with E-state index >= 15 is 0 Å². The Bertz CT molecular complexity index is 323. The lowest BCUT2D eigenvalue weighted by atomic mass is 10.1. The summed E-state index contributed by atoms with van der Waals surface area (Å²) in [5.41, 5.74) is 1.92. The fourth-order valence-corrected chi connectivity index (χ4v) is 1.16. The van der Waals surface area contributed by atoms with Crippen molar-refractivity contribution in [3.8, 4) is 5.75 Å². The Labute approximate surface area is 103 Å². The minimum absolute atomic E-state index is 0.286. The second-order valence-electron chi connectivity index (χ2n) is 3.90. The molecular weight excluding hydrogens is 216 g/mol. The number of ether oxygens (including phenoxy) is 1. The third-order valence-electron chi connectivity index (χ3n) is 2.25. The van der Waals surface area contributed by atoms with Crippen LogP contribution in [-0.2, 0) is 4.79 Å². The maximum Gasteiger partial charge on any atom is 0.341 e. The van der Waals surface area contributed by atoms with Crippen molar-refractivity contribution in [3.63, 3.8) is 0 Å². The summed E-state index contributed by atoms with van der Waals surface area (Å²) in [6.45, 7) is 7.86. The number of rotatable bonds is 4. The van der Waals surface area contributed by atoms with Crippen molar-refractivity contribution >= 4 is 5.97 Å². The van der Waals surface area contributed by atoms with E-state index < -0.39 is 5.97 Å². The van der Waals surface area contributed by atoms with E-state index in [-0.39, 0.29) is 6.61 Å². The van der Waals surface area contributed by atoms with Gasteiger partial charge in [-0.1, -0.05) is 44.9 Å². The molecule has 3 nitrogen and oxygen atoms in total.